The summed E-state index contributed by atoms with van der Waals surface area (Å²) in [5.74, 6) is 1.23. The van der Waals surface area contributed by atoms with Gasteiger partial charge in [0, 0.05) is 18.0 Å². The number of rotatable bonds is 3. The van der Waals surface area contributed by atoms with Crippen LogP contribution in [0.25, 0.3) is 11.3 Å². The van der Waals surface area contributed by atoms with Gasteiger partial charge in [-0.3, -0.25) is 0 Å². The summed E-state index contributed by atoms with van der Waals surface area (Å²) in [6, 6.07) is 6.44. The second kappa shape index (κ2) is 4.72. The zero-order valence-electron chi connectivity index (χ0n) is 10.6. The van der Waals surface area contributed by atoms with Crippen molar-refractivity contribution < 1.29 is 0 Å². The van der Waals surface area contributed by atoms with Crippen molar-refractivity contribution in [3.8, 4) is 11.3 Å². The summed E-state index contributed by atoms with van der Waals surface area (Å²) in [5, 5.41) is 0. The van der Waals surface area contributed by atoms with E-state index in [2.05, 4.69) is 48.9 Å². The molecule has 1 unspecified atom stereocenters. The molecule has 1 heterocycles. The fourth-order valence-corrected chi connectivity index (χ4v) is 1.95. The molecule has 0 bridgehead atoms. The van der Waals surface area contributed by atoms with Gasteiger partial charge in [0.2, 0.25) is 0 Å². The largest absolute Gasteiger partial charge is 0.342 e. The Morgan fingerprint density at radius 2 is 2.12 bits per heavy atom. The van der Waals surface area contributed by atoms with Crippen molar-refractivity contribution in [1.29, 1.82) is 0 Å². The van der Waals surface area contributed by atoms with Gasteiger partial charge in [-0.25, -0.2) is 4.98 Å². The van der Waals surface area contributed by atoms with Crippen molar-refractivity contribution in [2.24, 2.45) is 5.73 Å². The van der Waals surface area contributed by atoms with Gasteiger partial charge in [0.05, 0.1) is 11.9 Å². The normalized spacial score (nSPS) is 12.7. The summed E-state index contributed by atoms with van der Waals surface area (Å²) < 4.78 is 0. The van der Waals surface area contributed by atoms with Crippen LogP contribution in [0.4, 0.5) is 0 Å². The number of aromatic nitrogens is 2. The van der Waals surface area contributed by atoms with Crippen LogP contribution >= 0.6 is 0 Å². The molecular weight excluding hydrogens is 210 g/mol. The third-order valence-corrected chi connectivity index (χ3v) is 3.09. The number of aryl methyl sites for hydroxylation is 2. The molecule has 90 valence electrons. The van der Waals surface area contributed by atoms with Gasteiger partial charge in [-0.2, -0.15) is 0 Å². The van der Waals surface area contributed by atoms with Crippen molar-refractivity contribution >= 4 is 0 Å². The Hall–Kier alpha value is -1.61. The van der Waals surface area contributed by atoms with Gasteiger partial charge in [0.25, 0.3) is 0 Å². The molecule has 3 heteroatoms. The van der Waals surface area contributed by atoms with Crippen LogP contribution in [0.5, 0.6) is 0 Å². The maximum Gasteiger partial charge on any atom is 0.110 e. The molecule has 3 N–H and O–H groups in total. The maximum atomic E-state index is 5.64. The molecule has 0 radical (unpaired) electrons. The molecule has 0 fully saturated rings. The van der Waals surface area contributed by atoms with Crippen molar-refractivity contribution in [1.82, 2.24) is 9.97 Å². The smallest absolute Gasteiger partial charge is 0.110 e. The lowest BCUT2D eigenvalue weighted by atomic mass is 10.0. The first-order chi connectivity index (χ1) is 8.11. The first-order valence-corrected chi connectivity index (χ1v) is 5.94. The lowest BCUT2D eigenvalue weighted by Crippen LogP contribution is -2.10. The van der Waals surface area contributed by atoms with E-state index in [9.17, 15) is 0 Å². The number of hydrogen-bond acceptors (Lipinski definition) is 2. The molecule has 0 saturated heterocycles. The molecule has 0 amide bonds. The predicted molar refractivity (Wildman–Crippen MR) is 71.0 cm³/mol. The Balaban J connectivity index is 2.37. The van der Waals surface area contributed by atoms with Crippen LogP contribution in [0.1, 0.15) is 29.8 Å². The van der Waals surface area contributed by atoms with Gasteiger partial charge in [0.1, 0.15) is 5.82 Å². The van der Waals surface area contributed by atoms with Gasteiger partial charge >= 0.3 is 0 Å². The lowest BCUT2D eigenvalue weighted by molar-refractivity contribution is 0.725. The minimum atomic E-state index is 0.273. The molecule has 17 heavy (non-hydrogen) atoms. The van der Waals surface area contributed by atoms with Crippen LogP contribution < -0.4 is 5.73 Å². The molecule has 1 atom stereocenters. The second-order valence-corrected chi connectivity index (χ2v) is 4.64. The Bertz CT molecular complexity index is 514. The standard InChI is InChI=1S/C14H19N3/c1-9-4-5-12(10(2)6-9)13-8-16-14(17-13)11(3)7-15/h4-6,8,11H,7,15H2,1-3H3,(H,16,17). The summed E-state index contributed by atoms with van der Waals surface area (Å²) in [7, 11) is 0. The summed E-state index contributed by atoms with van der Waals surface area (Å²) >= 11 is 0. The summed E-state index contributed by atoms with van der Waals surface area (Å²) in [5.41, 5.74) is 10.5. The predicted octanol–water partition coefficient (Wildman–Crippen LogP) is 2.76. The average Bonchev–Trinajstić information content (AvgIpc) is 2.77. The SMILES string of the molecule is Cc1ccc(-c2cnc(C(C)CN)[nH]2)c(C)c1. The molecule has 3 nitrogen and oxygen atoms in total. The molecular formula is C14H19N3. The monoisotopic (exact) mass is 229 g/mol. The molecule has 1 aromatic carbocycles. The lowest BCUT2D eigenvalue weighted by Gasteiger charge is -2.06. The van der Waals surface area contributed by atoms with Crippen LogP contribution in [0, 0.1) is 13.8 Å². The minimum absolute atomic E-state index is 0.273. The number of benzene rings is 1. The number of nitrogens with one attached hydrogen (secondary N) is 1. The minimum Gasteiger partial charge on any atom is -0.342 e. The van der Waals surface area contributed by atoms with Crippen molar-refractivity contribution in [3.05, 3.63) is 41.3 Å². The highest BCUT2D eigenvalue weighted by Crippen LogP contribution is 2.23. The summed E-state index contributed by atoms with van der Waals surface area (Å²) in [6.45, 7) is 6.91. The Kier molecular flexibility index (Phi) is 3.29. The highest BCUT2D eigenvalue weighted by atomic mass is 14.9. The van der Waals surface area contributed by atoms with E-state index < -0.39 is 0 Å². The first-order valence-electron chi connectivity index (χ1n) is 5.94. The molecule has 2 aromatic rings. The topological polar surface area (TPSA) is 54.7 Å². The second-order valence-electron chi connectivity index (χ2n) is 4.64. The van der Waals surface area contributed by atoms with E-state index in [1.54, 1.807) is 0 Å². The Morgan fingerprint density at radius 3 is 2.76 bits per heavy atom. The van der Waals surface area contributed by atoms with E-state index in [0.29, 0.717) is 6.54 Å². The van der Waals surface area contributed by atoms with Gasteiger partial charge < -0.3 is 10.7 Å². The molecule has 0 aliphatic rings. The molecule has 0 aliphatic carbocycles. The number of hydrogen-bond donors (Lipinski definition) is 2. The molecule has 0 aliphatic heterocycles. The van der Waals surface area contributed by atoms with E-state index >= 15 is 0 Å². The van der Waals surface area contributed by atoms with Gasteiger partial charge in [-0.05, 0) is 19.4 Å². The van der Waals surface area contributed by atoms with Crippen molar-refractivity contribution in [3.63, 3.8) is 0 Å². The third kappa shape index (κ3) is 2.39. The van der Waals surface area contributed by atoms with Crippen LogP contribution in [-0.2, 0) is 0 Å². The Morgan fingerprint density at radius 1 is 1.35 bits per heavy atom. The zero-order chi connectivity index (χ0) is 12.4. The fraction of sp³-hybridized carbons (Fsp3) is 0.357. The zero-order valence-corrected chi connectivity index (χ0v) is 10.6. The van der Waals surface area contributed by atoms with Crippen LogP contribution in [0.2, 0.25) is 0 Å². The number of imidazole rings is 1. The van der Waals surface area contributed by atoms with E-state index in [0.717, 1.165) is 11.5 Å². The van der Waals surface area contributed by atoms with Crippen molar-refractivity contribution in [2.75, 3.05) is 6.54 Å². The number of H-pyrrole nitrogens is 1. The van der Waals surface area contributed by atoms with E-state index in [-0.39, 0.29) is 5.92 Å². The number of nitrogens with zero attached hydrogens (tertiary/aromatic N) is 1. The highest BCUT2D eigenvalue weighted by Gasteiger charge is 2.10. The summed E-state index contributed by atoms with van der Waals surface area (Å²) in [6.07, 6.45) is 1.89. The van der Waals surface area contributed by atoms with Gasteiger partial charge in [0.15, 0.2) is 0 Å². The number of nitrogens with two attached hydrogens (primary N) is 1. The highest BCUT2D eigenvalue weighted by molar-refractivity contribution is 5.63. The third-order valence-electron chi connectivity index (χ3n) is 3.09. The quantitative estimate of drug-likeness (QED) is 0.850. The van der Waals surface area contributed by atoms with E-state index in [4.69, 9.17) is 5.73 Å². The molecule has 0 saturated carbocycles. The van der Waals surface area contributed by atoms with Crippen LogP contribution in [0.15, 0.2) is 24.4 Å². The fourth-order valence-electron chi connectivity index (χ4n) is 1.95. The van der Waals surface area contributed by atoms with Crippen LogP contribution in [0.3, 0.4) is 0 Å². The van der Waals surface area contributed by atoms with Crippen LogP contribution in [-0.4, -0.2) is 16.5 Å². The average molecular weight is 229 g/mol. The molecule has 1 aromatic heterocycles. The first kappa shape index (κ1) is 11.9. The molecule has 0 spiro atoms. The van der Waals surface area contributed by atoms with Crippen molar-refractivity contribution in [2.45, 2.75) is 26.7 Å². The van der Waals surface area contributed by atoms with Gasteiger partial charge in [-0.1, -0.05) is 30.7 Å². The van der Waals surface area contributed by atoms with E-state index in [1.807, 2.05) is 6.20 Å². The number of aromatic amines is 1. The van der Waals surface area contributed by atoms with Gasteiger partial charge in [-0.15, -0.1) is 0 Å². The molecule has 2 rings (SSSR count). The maximum absolute atomic E-state index is 5.64. The Labute approximate surface area is 102 Å². The summed E-state index contributed by atoms with van der Waals surface area (Å²) in [4.78, 5) is 7.74. The van der Waals surface area contributed by atoms with E-state index in [1.165, 1.54) is 16.7 Å².